The molecule has 0 bridgehead atoms. The Balaban J connectivity index is 3.24. The highest BCUT2D eigenvalue weighted by molar-refractivity contribution is 5.85. The molecule has 1 atom stereocenters. The molecule has 112 valence electrons. The molecule has 0 aromatic heterocycles. The summed E-state index contributed by atoms with van der Waals surface area (Å²) < 4.78 is 0. The maximum Gasteiger partial charge on any atom is 0.330 e. The van der Waals surface area contributed by atoms with E-state index in [4.69, 9.17) is 5.11 Å². The van der Waals surface area contributed by atoms with Crippen molar-refractivity contribution in [3.8, 4) is 0 Å². The molecule has 0 aromatic rings. The monoisotopic (exact) mass is 270 g/mol. The molecule has 0 amide bonds. The Morgan fingerprint density at radius 3 is 2.11 bits per heavy atom. The van der Waals surface area contributed by atoms with Crippen molar-refractivity contribution < 1.29 is 15.0 Å². The molecule has 0 aliphatic rings. The van der Waals surface area contributed by atoms with Crippen molar-refractivity contribution in [2.45, 2.75) is 84.2 Å². The van der Waals surface area contributed by atoms with Crippen LogP contribution in [0.5, 0.6) is 0 Å². The van der Waals surface area contributed by atoms with Gasteiger partial charge in [0, 0.05) is 5.57 Å². The molecular formula is C16H30O3. The number of carboxylic acid groups (broad SMARTS) is 1. The molecule has 3 heteroatoms. The summed E-state index contributed by atoms with van der Waals surface area (Å²) in [7, 11) is 0. The predicted molar refractivity (Wildman–Crippen MR) is 79.2 cm³/mol. The molecule has 1 unspecified atom stereocenters. The van der Waals surface area contributed by atoms with Gasteiger partial charge in [-0.1, -0.05) is 51.5 Å². The van der Waals surface area contributed by atoms with Crippen LogP contribution in [0.4, 0.5) is 0 Å². The van der Waals surface area contributed by atoms with Gasteiger partial charge < -0.3 is 10.2 Å². The SMILES string of the molecule is CCC(O)CCCCCCCCCC=C(C)C(=O)O. The maximum atomic E-state index is 10.5. The molecule has 0 radical (unpaired) electrons. The summed E-state index contributed by atoms with van der Waals surface area (Å²) in [5, 5.41) is 18.1. The lowest BCUT2D eigenvalue weighted by atomic mass is 10.0. The molecule has 0 saturated heterocycles. The van der Waals surface area contributed by atoms with Crippen LogP contribution in [-0.4, -0.2) is 22.3 Å². The lowest BCUT2D eigenvalue weighted by Gasteiger charge is -2.06. The van der Waals surface area contributed by atoms with Crippen molar-refractivity contribution in [2.24, 2.45) is 0 Å². The summed E-state index contributed by atoms with van der Waals surface area (Å²) >= 11 is 0. The summed E-state index contributed by atoms with van der Waals surface area (Å²) in [6, 6.07) is 0. The van der Waals surface area contributed by atoms with Crippen LogP contribution < -0.4 is 0 Å². The fourth-order valence-corrected chi connectivity index (χ4v) is 2.02. The van der Waals surface area contributed by atoms with E-state index in [1.165, 1.54) is 32.1 Å². The third kappa shape index (κ3) is 12.0. The summed E-state index contributed by atoms with van der Waals surface area (Å²) in [4.78, 5) is 10.5. The van der Waals surface area contributed by atoms with Crippen LogP contribution in [-0.2, 0) is 4.79 Å². The average Bonchev–Trinajstić information content (AvgIpc) is 2.39. The molecule has 0 heterocycles. The number of carbonyl (C=O) groups is 1. The first-order valence-electron chi connectivity index (χ1n) is 7.66. The summed E-state index contributed by atoms with van der Waals surface area (Å²) in [5.74, 6) is -0.811. The van der Waals surface area contributed by atoms with Gasteiger partial charge in [0.2, 0.25) is 0 Å². The van der Waals surface area contributed by atoms with Crippen molar-refractivity contribution in [1.29, 1.82) is 0 Å². The number of carboxylic acids is 1. The van der Waals surface area contributed by atoms with Crippen LogP contribution in [0.15, 0.2) is 11.6 Å². The van der Waals surface area contributed by atoms with Crippen LogP contribution >= 0.6 is 0 Å². The lowest BCUT2D eigenvalue weighted by Crippen LogP contribution is -2.03. The Kier molecular flexibility index (Phi) is 11.7. The van der Waals surface area contributed by atoms with Gasteiger partial charge in [0.15, 0.2) is 0 Å². The molecular weight excluding hydrogens is 240 g/mol. The van der Waals surface area contributed by atoms with Gasteiger partial charge in [-0.15, -0.1) is 0 Å². The molecule has 0 rings (SSSR count). The predicted octanol–water partition coefficient (Wildman–Crippen LogP) is 4.30. The minimum atomic E-state index is -0.811. The maximum absolute atomic E-state index is 10.5. The molecule has 0 fully saturated rings. The fourth-order valence-electron chi connectivity index (χ4n) is 2.02. The van der Waals surface area contributed by atoms with Crippen molar-refractivity contribution in [1.82, 2.24) is 0 Å². The standard InChI is InChI=1S/C16H30O3/c1-3-15(17)13-11-9-7-5-4-6-8-10-12-14(2)16(18)19/h12,15,17H,3-11,13H2,1-2H3,(H,18,19). The number of unbranched alkanes of at least 4 members (excludes halogenated alkanes) is 7. The van der Waals surface area contributed by atoms with Crippen LogP contribution in [0.3, 0.4) is 0 Å². The molecule has 0 aliphatic heterocycles. The highest BCUT2D eigenvalue weighted by Crippen LogP contribution is 2.12. The van der Waals surface area contributed by atoms with E-state index in [0.717, 1.165) is 32.1 Å². The van der Waals surface area contributed by atoms with Gasteiger partial charge in [-0.3, -0.25) is 0 Å². The Morgan fingerprint density at radius 2 is 1.58 bits per heavy atom. The Hall–Kier alpha value is -0.830. The first kappa shape index (κ1) is 18.2. The van der Waals surface area contributed by atoms with Crippen LogP contribution in [0.25, 0.3) is 0 Å². The van der Waals surface area contributed by atoms with Crippen LogP contribution in [0, 0.1) is 0 Å². The van der Waals surface area contributed by atoms with E-state index in [1.807, 2.05) is 13.0 Å². The largest absolute Gasteiger partial charge is 0.478 e. The zero-order chi connectivity index (χ0) is 14.5. The second kappa shape index (κ2) is 12.2. The molecule has 0 spiro atoms. The number of hydrogen-bond acceptors (Lipinski definition) is 2. The highest BCUT2D eigenvalue weighted by atomic mass is 16.4. The van der Waals surface area contributed by atoms with Gasteiger partial charge in [0.05, 0.1) is 6.10 Å². The Morgan fingerprint density at radius 1 is 1.05 bits per heavy atom. The number of rotatable bonds is 12. The van der Waals surface area contributed by atoms with Gasteiger partial charge in [-0.05, 0) is 32.6 Å². The fraction of sp³-hybridized carbons (Fsp3) is 0.812. The highest BCUT2D eigenvalue weighted by Gasteiger charge is 2.00. The van der Waals surface area contributed by atoms with Gasteiger partial charge in [0.25, 0.3) is 0 Å². The normalized spacial score (nSPS) is 13.5. The van der Waals surface area contributed by atoms with Gasteiger partial charge in [-0.2, -0.15) is 0 Å². The van der Waals surface area contributed by atoms with E-state index >= 15 is 0 Å². The first-order chi connectivity index (χ1) is 9.07. The van der Waals surface area contributed by atoms with Crippen LogP contribution in [0.1, 0.15) is 78.1 Å². The van der Waals surface area contributed by atoms with E-state index in [2.05, 4.69) is 0 Å². The number of hydrogen-bond donors (Lipinski definition) is 2. The third-order valence-corrected chi connectivity index (χ3v) is 3.50. The molecule has 0 saturated carbocycles. The van der Waals surface area contributed by atoms with Gasteiger partial charge in [0.1, 0.15) is 0 Å². The second-order valence-electron chi connectivity index (χ2n) is 5.31. The smallest absolute Gasteiger partial charge is 0.330 e. The molecule has 19 heavy (non-hydrogen) atoms. The lowest BCUT2D eigenvalue weighted by molar-refractivity contribution is -0.132. The molecule has 0 aliphatic carbocycles. The molecule has 2 N–H and O–H groups in total. The quantitative estimate of drug-likeness (QED) is 0.410. The number of aliphatic carboxylic acids is 1. The van der Waals surface area contributed by atoms with E-state index in [9.17, 15) is 9.90 Å². The number of aliphatic hydroxyl groups is 1. The second-order valence-corrected chi connectivity index (χ2v) is 5.31. The van der Waals surface area contributed by atoms with E-state index in [-0.39, 0.29) is 6.10 Å². The molecule has 3 nitrogen and oxygen atoms in total. The third-order valence-electron chi connectivity index (χ3n) is 3.50. The van der Waals surface area contributed by atoms with E-state index in [1.54, 1.807) is 6.92 Å². The van der Waals surface area contributed by atoms with Crippen molar-refractivity contribution >= 4 is 5.97 Å². The number of allylic oxidation sites excluding steroid dienone is 1. The summed E-state index contributed by atoms with van der Waals surface area (Å²) in [6.07, 6.45) is 12.7. The summed E-state index contributed by atoms with van der Waals surface area (Å²) in [5.41, 5.74) is 0.453. The minimum Gasteiger partial charge on any atom is -0.478 e. The van der Waals surface area contributed by atoms with Crippen LogP contribution in [0.2, 0.25) is 0 Å². The molecule has 0 aromatic carbocycles. The zero-order valence-electron chi connectivity index (χ0n) is 12.5. The van der Waals surface area contributed by atoms with Crippen molar-refractivity contribution in [3.63, 3.8) is 0 Å². The first-order valence-corrected chi connectivity index (χ1v) is 7.66. The summed E-state index contributed by atoms with van der Waals surface area (Å²) in [6.45, 7) is 3.66. The zero-order valence-corrected chi connectivity index (χ0v) is 12.5. The van der Waals surface area contributed by atoms with Gasteiger partial charge in [-0.25, -0.2) is 4.79 Å². The van der Waals surface area contributed by atoms with Crippen molar-refractivity contribution in [3.05, 3.63) is 11.6 Å². The average molecular weight is 270 g/mol. The minimum absolute atomic E-state index is 0.107. The number of aliphatic hydroxyl groups excluding tert-OH is 1. The Bertz CT molecular complexity index is 259. The Labute approximate surface area is 117 Å². The van der Waals surface area contributed by atoms with E-state index < -0.39 is 5.97 Å². The van der Waals surface area contributed by atoms with E-state index in [0.29, 0.717) is 5.57 Å². The van der Waals surface area contributed by atoms with Crippen molar-refractivity contribution in [2.75, 3.05) is 0 Å². The topological polar surface area (TPSA) is 57.5 Å². The van der Waals surface area contributed by atoms with Gasteiger partial charge >= 0.3 is 5.97 Å².